The van der Waals surface area contributed by atoms with Crippen LogP contribution in [0, 0.1) is 12.7 Å². The highest BCUT2D eigenvalue weighted by molar-refractivity contribution is 6.29. The van der Waals surface area contributed by atoms with Crippen molar-refractivity contribution in [1.29, 1.82) is 0 Å². The number of aryl methyl sites for hydroxylation is 2. The molecule has 0 fully saturated rings. The van der Waals surface area contributed by atoms with Crippen molar-refractivity contribution in [2.75, 3.05) is 0 Å². The molecule has 2 aromatic rings. The minimum absolute atomic E-state index is 0.175. The lowest BCUT2D eigenvalue weighted by molar-refractivity contribution is -0.120. The predicted octanol–water partition coefficient (Wildman–Crippen LogP) is 2.37. The molecule has 0 radical (unpaired) electrons. The fraction of sp³-hybridized carbons (Fsp3) is 0.188. The number of pyridine rings is 1. The zero-order valence-electron chi connectivity index (χ0n) is 12.8. The van der Waals surface area contributed by atoms with Crippen molar-refractivity contribution < 1.29 is 9.18 Å². The second-order valence-electron chi connectivity index (χ2n) is 5.28. The number of aromatic nitrogens is 3. The molecule has 122 valence electrons. The van der Waals surface area contributed by atoms with E-state index in [1.54, 1.807) is 18.5 Å². The number of aliphatic imine (C=N–C) groups is 1. The van der Waals surface area contributed by atoms with Crippen LogP contribution in [0.25, 0.3) is 0 Å². The van der Waals surface area contributed by atoms with Gasteiger partial charge in [0.25, 0.3) is 0 Å². The second kappa shape index (κ2) is 6.84. The highest BCUT2D eigenvalue weighted by Gasteiger charge is 2.16. The van der Waals surface area contributed by atoms with Gasteiger partial charge in [0.05, 0.1) is 18.1 Å². The van der Waals surface area contributed by atoms with Crippen molar-refractivity contribution in [1.82, 2.24) is 20.5 Å². The van der Waals surface area contributed by atoms with Gasteiger partial charge in [-0.15, -0.1) is 0 Å². The largest absolute Gasteiger partial charge is 0.311 e. The SMILES string of the molecule is Cc1cnncc1C1=NC(NC(=O)CCc2cnc(Cl)c(F)c2)=C1. The fourth-order valence-corrected chi connectivity index (χ4v) is 2.27. The number of nitrogens with one attached hydrogen (secondary N) is 1. The summed E-state index contributed by atoms with van der Waals surface area (Å²) >= 11 is 5.52. The normalized spacial score (nSPS) is 13.0. The number of hydrogen-bond acceptors (Lipinski definition) is 5. The van der Waals surface area contributed by atoms with E-state index >= 15 is 0 Å². The Hall–Kier alpha value is -2.67. The van der Waals surface area contributed by atoms with Crippen LogP contribution in [0.4, 0.5) is 4.39 Å². The topological polar surface area (TPSA) is 80.1 Å². The summed E-state index contributed by atoms with van der Waals surface area (Å²) in [6.45, 7) is 1.91. The highest BCUT2D eigenvalue weighted by atomic mass is 35.5. The molecule has 0 aliphatic carbocycles. The molecule has 0 spiro atoms. The van der Waals surface area contributed by atoms with Gasteiger partial charge < -0.3 is 5.32 Å². The van der Waals surface area contributed by atoms with Gasteiger partial charge in [-0.2, -0.15) is 10.2 Å². The van der Waals surface area contributed by atoms with Crippen LogP contribution in [-0.2, 0) is 11.2 Å². The molecular formula is C16H13ClFN5O. The summed E-state index contributed by atoms with van der Waals surface area (Å²) in [6.07, 6.45) is 7.07. The van der Waals surface area contributed by atoms with Crippen LogP contribution in [0.5, 0.6) is 0 Å². The Balaban J connectivity index is 1.51. The van der Waals surface area contributed by atoms with Gasteiger partial charge in [-0.25, -0.2) is 14.4 Å². The van der Waals surface area contributed by atoms with Crippen LogP contribution in [0.1, 0.15) is 23.1 Å². The Bertz CT molecular complexity index is 865. The maximum absolute atomic E-state index is 13.3. The molecule has 1 amide bonds. The molecule has 3 heterocycles. The van der Waals surface area contributed by atoms with E-state index in [9.17, 15) is 9.18 Å². The Labute approximate surface area is 142 Å². The van der Waals surface area contributed by atoms with E-state index in [0.29, 0.717) is 17.8 Å². The molecule has 0 unspecified atom stereocenters. The Morgan fingerprint density at radius 3 is 2.75 bits per heavy atom. The number of rotatable bonds is 5. The van der Waals surface area contributed by atoms with E-state index < -0.39 is 5.82 Å². The Morgan fingerprint density at radius 1 is 1.29 bits per heavy atom. The number of hydrogen-bond donors (Lipinski definition) is 1. The van der Waals surface area contributed by atoms with Gasteiger partial charge in [0, 0.05) is 24.3 Å². The maximum atomic E-state index is 13.3. The molecule has 0 bridgehead atoms. The number of halogens is 2. The van der Waals surface area contributed by atoms with Crippen molar-refractivity contribution in [3.8, 4) is 0 Å². The summed E-state index contributed by atoms with van der Waals surface area (Å²) in [6, 6.07) is 1.28. The first-order chi connectivity index (χ1) is 11.5. The third-order valence-electron chi connectivity index (χ3n) is 3.48. The van der Waals surface area contributed by atoms with Crippen molar-refractivity contribution >= 4 is 23.2 Å². The summed E-state index contributed by atoms with van der Waals surface area (Å²) < 4.78 is 13.3. The van der Waals surface area contributed by atoms with E-state index in [4.69, 9.17) is 11.6 Å². The van der Waals surface area contributed by atoms with E-state index in [1.807, 2.05) is 6.92 Å². The number of carbonyl (C=O) groups excluding carboxylic acids is 1. The summed E-state index contributed by atoms with van der Waals surface area (Å²) in [5.74, 6) is -0.303. The summed E-state index contributed by atoms with van der Waals surface area (Å²) in [7, 11) is 0. The Kier molecular flexibility index (Phi) is 4.61. The summed E-state index contributed by atoms with van der Waals surface area (Å²) in [4.78, 5) is 19.9. The van der Waals surface area contributed by atoms with E-state index in [1.165, 1.54) is 12.3 Å². The molecular weight excluding hydrogens is 333 g/mol. The van der Waals surface area contributed by atoms with Crippen molar-refractivity contribution in [2.24, 2.45) is 4.99 Å². The number of nitrogens with zero attached hydrogens (tertiary/aromatic N) is 4. The third kappa shape index (κ3) is 3.62. The minimum Gasteiger partial charge on any atom is -0.311 e. The first-order valence-corrected chi connectivity index (χ1v) is 7.58. The predicted molar refractivity (Wildman–Crippen MR) is 87.1 cm³/mol. The van der Waals surface area contributed by atoms with Gasteiger partial charge in [-0.3, -0.25) is 4.79 Å². The molecule has 8 heteroatoms. The molecule has 1 aliphatic rings. The Morgan fingerprint density at radius 2 is 2.04 bits per heavy atom. The zero-order valence-corrected chi connectivity index (χ0v) is 13.5. The first-order valence-electron chi connectivity index (χ1n) is 7.21. The molecule has 24 heavy (non-hydrogen) atoms. The molecule has 0 aromatic carbocycles. The first kappa shape index (κ1) is 16.2. The van der Waals surface area contributed by atoms with Crippen LogP contribution in [0.2, 0.25) is 5.15 Å². The third-order valence-corrected chi connectivity index (χ3v) is 3.76. The van der Waals surface area contributed by atoms with E-state index in [0.717, 1.165) is 16.8 Å². The summed E-state index contributed by atoms with van der Waals surface area (Å²) in [5, 5.41) is 10.1. The zero-order chi connectivity index (χ0) is 17.1. The van der Waals surface area contributed by atoms with Crippen LogP contribution >= 0.6 is 11.6 Å². The average molecular weight is 346 g/mol. The molecule has 3 rings (SSSR count). The van der Waals surface area contributed by atoms with Gasteiger partial charge in [0.15, 0.2) is 11.0 Å². The molecule has 0 saturated carbocycles. The number of amides is 1. The summed E-state index contributed by atoms with van der Waals surface area (Å²) in [5.41, 5.74) is 3.20. The van der Waals surface area contributed by atoms with Crippen LogP contribution in [0.15, 0.2) is 41.5 Å². The lowest BCUT2D eigenvalue weighted by atomic mass is 10.1. The fourth-order valence-electron chi connectivity index (χ4n) is 2.17. The van der Waals surface area contributed by atoms with Gasteiger partial charge >= 0.3 is 0 Å². The van der Waals surface area contributed by atoms with Crippen molar-refractivity contribution in [3.63, 3.8) is 0 Å². The van der Waals surface area contributed by atoms with Gasteiger partial charge in [-0.05, 0) is 30.5 Å². The molecule has 0 atom stereocenters. The van der Waals surface area contributed by atoms with Gasteiger partial charge in [0.1, 0.15) is 5.82 Å². The van der Waals surface area contributed by atoms with Gasteiger partial charge in [-0.1, -0.05) is 11.6 Å². The minimum atomic E-state index is -0.591. The number of allylic oxidation sites excluding steroid dienone is 1. The molecule has 6 nitrogen and oxygen atoms in total. The van der Waals surface area contributed by atoms with Crippen LogP contribution in [-0.4, -0.2) is 26.8 Å². The molecule has 1 N–H and O–H groups in total. The van der Waals surface area contributed by atoms with Gasteiger partial charge in [0.2, 0.25) is 5.91 Å². The van der Waals surface area contributed by atoms with Crippen molar-refractivity contribution in [3.05, 3.63) is 64.2 Å². The monoisotopic (exact) mass is 345 g/mol. The van der Waals surface area contributed by atoms with Crippen LogP contribution in [0.3, 0.4) is 0 Å². The maximum Gasteiger partial charge on any atom is 0.225 e. The standard InChI is InChI=1S/C16H13ClFN5O/c1-9-6-20-21-8-11(9)13-5-14(22-13)23-15(24)3-2-10-4-12(18)16(17)19-7-10/h4-8H,2-3H2,1H3,(H,22,23,24). The molecule has 1 aliphatic heterocycles. The lowest BCUT2D eigenvalue weighted by Gasteiger charge is -2.16. The highest BCUT2D eigenvalue weighted by Crippen LogP contribution is 2.17. The number of carbonyl (C=O) groups is 1. The second-order valence-corrected chi connectivity index (χ2v) is 5.63. The van der Waals surface area contributed by atoms with E-state index in [-0.39, 0.29) is 17.5 Å². The lowest BCUT2D eigenvalue weighted by Crippen LogP contribution is -2.27. The van der Waals surface area contributed by atoms with Crippen molar-refractivity contribution in [2.45, 2.75) is 19.8 Å². The molecule has 0 saturated heterocycles. The average Bonchev–Trinajstić information content (AvgIpc) is 2.53. The molecule has 2 aromatic heterocycles. The van der Waals surface area contributed by atoms with E-state index in [2.05, 4.69) is 25.5 Å². The van der Waals surface area contributed by atoms with Crippen LogP contribution < -0.4 is 5.32 Å². The quantitative estimate of drug-likeness (QED) is 0.844. The smallest absolute Gasteiger partial charge is 0.225 e.